The molecule has 0 amide bonds. The van der Waals surface area contributed by atoms with Crippen molar-refractivity contribution in [2.75, 3.05) is 17.2 Å². The molecule has 0 saturated carbocycles. The van der Waals surface area contributed by atoms with E-state index in [-0.39, 0.29) is 17.3 Å². The van der Waals surface area contributed by atoms with Gasteiger partial charge in [0.15, 0.2) is 0 Å². The number of halogens is 1. The van der Waals surface area contributed by atoms with Gasteiger partial charge in [0.25, 0.3) is 0 Å². The summed E-state index contributed by atoms with van der Waals surface area (Å²) >= 11 is 6.00. The topological polar surface area (TPSA) is 93.0 Å². The number of rotatable bonds is 7. The fraction of sp³-hybridized carbons (Fsp3) is 0.375. The van der Waals surface area contributed by atoms with E-state index in [1.165, 1.54) is 6.33 Å². The van der Waals surface area contributed by atoms with Crippen LogP contribution in [-0.4, -0.2) is 21.4 Å². The Morgan fingerprint density at radius 3 is 2.67 bits per heavy atom. The maximum Gasteiger partial charge on any atom is 0.353 e. The monoisotopic (exact) mass is 349 g/mol. The second-order valence-electron chi connectivity index (χ2n) is 5.87. The first-order chi connectivity index (χ1) is 11.4. The van der Waals surface area contributed by atoms with Crippen LogP contribution in [-0.2, 0) is 0 Å². The molecule has 2 aromatic rings. The number of nitro groups is 1. The van der Waals surface area contributed by atoms with Crippen molar-refractivity contribution < 1.29 is 4.92 Å². The summed E-state index contributed by atoms with van der Waals surface area (Å²) in [7, 11) is 0. The van der Waals surface area contributed by atoms with Crippen molar-refractivity contribution >= 4 is 34.6 Å². The quantitative estimate of drug-likeness (QED) is 0.562. The molecule has 8 heteroatoms. The highest BCUT2D eigenvalue weighted by Gasteiger charge is 2.23. The molecule has 1 aromatic heterocycles. The number of hydrogen-bond acceptors (Lipinski definition) is 6. The number of hydrogen-bond donors (Lipinski definition) is 2. The zero-order chi connectivity index (χ0) is 17.7. The standard InChI is InChI=1S/C16H20ClN5O2/c1-10(2)6-7-18-15-14(22(23)24)16(20-9-19-15)21-13-8-12(17)5-4-11(13)3/h4-5,8-10H,6-7H2,1-3H3,(H2,18,19,20,21). The second kappa shape index (κ2) is 7.92. The third kappa shape index (κ3) is 4.55. The van der Waals surface area contributed by atoms with Gasteiger partial charge in [-0.15, -0.1) is 0 Å². The van der Waals surface area contributed by atoms with Gasteiger partial charge in [0.1, 0.15) is 6.33 Å². The molecule has 0 radical (unpaired) electrons. The molecule has 24 heavy (non-hydrogen) atoms. The van der Waals surface area contributed by atoms with Gasteiger partial charge in [-0.2, -0.15) is 0 Å². The summed E-state index contributed by atoms with van der Waals surface area (Å²) in [5, 5.41) is 18.0. The Bertz CT molecular complexity index is 736. The summed E-state index contributed by atoms with van der Waals surface area (Å²) in [4.78, 5) is 19.0. The van der Waals surface area contributed by atoms with Crippen molar-refractivity contribution in [1.29, 1.82) is 0 Å². The highest BCUT2D eigenvalue weighted by molar-refractivity contribution is 6.30. The second-order valence-corrected chi connectivity index (χ2v) is 6.31. The Balaban J connectivity index is 2.32. The molecule has 1 heterocycles. The molecule has 0 fully saturated rings. The van der Waals surface area contributed by atoms with E-state index in [9.17, 15) is 10.1 Å². The van der Waals surface area contributed by atoms with Gasteiger partial charge in [-0.05, 0) is 37.0 Å². The fourth-order valence-electron chi connectivity index (χ4n) is 2.11. The lowest BCUT2D eigenvalue weighted by Crippen LogP contribution is -2.10. The zero-order valence-electron chi connectivity index (χ0n) is 13.8. The summed E-state index contributed by atoms with van der Waals surface area (Å²) in [6.07, 6.45) is 2.18. The first kappa shape index (κ1) is 17.9. The molecular formula is C16H20ClN5O2. The van der Waals surface area contributed by atoms with Crippen LogP contribution in [0, 0.1) is 23.0 Å². The van der Waals surface area contributed by atoms with Crippen LogP contribution in [0.5, 0.6) is 0 Å². The van der Waals surface area contributed by atoms with Crippen molar-refractivity contribution in [3.05, 3.63) is 45.2 Å². The zero-order valence-corrected chi connectivity index (χ0v) is 14.6. The third-order valence-corrected chi connectivity index (χ3v) is 3.71. The Labute approximate surface area is 145 Å². The molecule has 2 rings (SSSR count). The Hall–Kier alpha value is -2.41. The van der Waals surface area contributed by atoms with E-state index in [0.29, 0.717) is 23.2 Å². The summed E-state index contributed by atoms with van der Waals surface area (Å²) in [6.45, 7) is 6.66. The van der Waals surface area contributed by atoms with E-state index in [2.05, 4.69) is 34.4 Å². The van der Waals surface area contributed by atoms with Crippen LogP contribution < -0.4 is 10.6 Å². The van der Waals surface area contributed by atoms with Gasteiger partial charge in [-0.3, -0.25) is 10.1 Å². The first-order valence-corrected chi connectivity index (χ1v) is 8.02. The number of aromatic nitrogens is 2. The van der Waals surface area contributed by atoms with Crippen molar-refractivity contribution in [3.63, 3.8) is 0 Å². The minimum absolute atomic E-state index is 0.132. The van der Waals surface area contributed by atoms with E-state index >= 15 is 0 Å². The molecule has 0 aliphatic heterocycles. The summed E-state index contributed by atoms with van der Waals surface area (Å²) in [5.74, 6) is 0.829. The molecule has 0 spiro atoms. The Kier molecular flexibility index (Phi) is 5.92. The van der Waals surface area contributed by atoms with Crippen LogP contribution >= 0.6 is 11.6 Å². The number of anilines is 3. The molecule has 0 aliphatic carbocycles. The predicted octanol–water partition coefficient (Wildman–Crippen LogP) is 4.55. The molecule has 1 aromatic carbocycles. The van der Waals surface area contributed by atoms with Gasteiger partial charge < -0.3 is 10.6 Å². The number of nitrogens with zero attached hydrogens (tertiary/aromatic N) is 3. The van der Waals surface area contributed by atoms with Crippen LogP contribution in [0.2, 0.25) is 5.02 Å². The van der Waals surface area contributed by atoms with Crippen molar-refractivity contribution in [3.8, 4) is 0 Å². The van der Waals surface area contributed by atoms with Gasteiger partial charge in [-0.25, -0.2) is 9.97 Å². The maximum atomic E-state index is 11.5. The lowest BCUT2D eigenvalue weighted by molar-refractivity contribution is -0.383. The van der Waals surface area contributed by atoms with Crippen molar-refractivity contribution in [2.24, 2.45) is 5.92 Å². The highest BCUT2D eigenvalue weighted by Crippen LogP contribution is 2.32. The largest absolute Gasteiger partial charge is 0.364 e. The lowest BCUT2D eigenvalue weighted by Gasteiger charge is -2.12. The lowest BCUT2D eigenvalue weighted by atomic mass is 10.1. The minimum Gasteiger partial charge on any atom is -0.364 e. The first-order valence-electron chi connectivity index (χ1n) is 7.65. The normalized spacial score (nSPS) is 10.7. The van der Waals surface area contributed by atoms with Gasteiger partial charge in [0.2, 0.25) is 11.6 Å². The summed E-state index contributed by atoms with van der Waals surface area (Å²) < 4.78 is 0. The van der Waals surface area contributed by atoms with Gasteiger partial charge in [0.05, 0.1) is 4.92 Å². The van der Waals surface area contributed by atoms with E-state index < -0.39 is 4.92 Å². The van der Waals surface area contributed by atoms with Crippen LogP contribution in [0.15, 0.2) is 24.5 Å². The molecule has 128 valence electrons. The van der Waals surface area contributed by atoms with Crippen LogP contribution in [0.25, 0.3) is 0 Å². The third-order valence-electron chi connectivity index (χ3n) is 3.47. The fourth-order valence-corrected chi connectivity index (χ4v) is 2.28. The minimum atomic E-state index is -0.486. The van der Waals surface area contributed by atoms with E-state index in [1.54, 1.807) is 12.1 Å². The highest BCUT2D eigenvalue weighted by atomic mass is 35.5. The smallest absolute Gasteiger partial charge is 0.353 e. The number of benzene rings is 1. The van der Waals surface area contributed by atoms with Crippen molar-refractivity contribution in [1.82, 2.24) is 9.97 Å². The van der Waals surface area contributed by atoms with Gasteiger partial charge in [0, 0.05) is 17.3 Å². The molecule has 0 saturated heterocycles. The average molecular weight is 350 g/mol. The molecule has 7 nitrogen and oxygen atoms in total. The van der Waals surface area contributed by atoms with E-state index in [0.717, 1.165) is 12.0 Å². The number of aryl methyl sites for hydroxylation is 1. The van der Waals surface area contributed by atoms with E-state index in [1.807, 2.05) is 13.0 Å². The number of nitrogens with one attached hydrogen (secondary N) is 2. The van der Waals surface area contributed by atoms with Crippen LogP contribution in [0.1, 0.15) is 25.8 Å². The Morgan fingerprint density at radius 2 is 2.00 bits per heavy atom. The molecule has 0 bridgehead atoms. The maximum absolute atomic E-state index is 11.5. The van der Waals surface area contributed by atoms with E-state index in [4.69, 9.17) is 11.6 Å². The molecule has 0 atom stereocenters. The SMILES string of the molecule is Cc1ccc(Cl)cc1Nc1ncnc(NCCC(C)C)c1[N+](=O)[O-]. The van der Waals surface area contributed by atoms with Crippen LogP contribution in [0.4, 0.5) is 23.0 Å². The Morgan fingerprint density at radius 1 is 1.29 bits per heavy atom. The van der Waals surface area contributed by atoms with Gasteiger partial charge in [-0.1, -0.05) is 31.5 Å². The molecule has 2 N–H and O–H groups in total. The van der Waals surface area contributed by atoms with Gasteiger partial charge >= 0.3 is 5.69 Å². The molecule has 0 unspecified atom stereocenters. The summed E-state index contributed by atoms with van der Waals surface area (Å²) in [6, 6.07) is 5.30. The average Bonchev–Trinajstić information content (AvgIpc) is 2.50. The molecular weight excluding hydrogens is 330 g/mol. The van der Waals surface area contributed by atoms with Crippen molar-refractivity contribution in [2.45, 2.75) is 27.2 Å². The molecule has 0 aliphatic rings. The predicted molar refractivity (Wildman–Crippen MR) is 96.1 cm³/mol. The van der Waals surface area contributed by atoms with Crippen LogP contribution in [0.3, 0.4) is 0 Å². The summed E-state index contributed by atoms with van der Waals surface area (Å²) in [5.41, 5.74) is 1.39.